The molecule has 0 atom stereocenters. The molecule has 22 heavy (non-hydrogen) atoms. The van der Waals surface area contributed by atoms with Gasteiger partial charge in [0.1, 0.15) is 17.4 Å². The molecule has 0 aliphatic rings. The van der Waals surface area contributed by atoms with Gasteiger partial charge in [-0.3, -0.25) is 4.79 Å². The number of nitrogens with one attached hydrogen (secondary N) is 1. The molecule has 2 rings (SSSR count). The van der Waals surface area contributed by atoms with Crippen LogP contribution in [0.4, 0.5) is 13.2 Å². The number of aryl methyl sites for hydroxylation is 1. The van der Waals surface area contributed by atoms with Crippen molar-refractivity contribution in [3.8, 4) is 22.9 Å². The Morgan fingerprint density at radius 2 is 2.00 bits per heavy atom. The number of nitrogens with zero attached hydrogens (tertiary/aromatic N) is 1. The number of ether oxygens (including phenoxy) is 1. The van der Waals surface area contributed by atoms with Crippen molar-refractivity contribution in [2.45, 2.75) is 13.3 Å². The fraction of sp³-hybridized carbons (Fsp3) is 0.143. The summed E-state index contributed by atoms with van der Waals surface area (Å²) in [5, 5.41) is 9.07. The zero-order chi connectivity index (χ0) is 16.5. The topological polar surface area (TPSA) is 65.9 Å². The molecule has 1 N–H and O–H groups in total. The van der Waals surface area contributed by atoms with E-state index in [0.717, 1.165) is 6.07 Å². The standard InChI is InChI=1S/C14H8BrF3N2O2/c1-7-4-9(10(6-19)13(21)20-7)8-2-3-11(15)12(5-8)22-14(16,17)18/h2-5H,1H3,(H,20,21). The number of alkyl halides is 3. The molecule has 0 spiro atoms. The van der Waals surface area contributed by atoms with Crippen LogP contribution in [0.5, 0.6) is 5.75 Å². The molecule has 0 fully saturated rings. The molecule has 1 aromatic carbocycles. The van der Waals surface area contributed by atoms with Crippen LogP contribution in [0.15, 0.2) is 33.5 Å². The highest BCUT2D eigenvalue weighted by Gasteiger charge is 2.32. The maximum absolute atomic E-state index is 12.4. The largest absolute Gasteiger partial charge is 0.573 e. The third-order valence-corrected chi connectivity index (χ3v) is 3.40. The van der Waals surface area contributed by atoms with Gasteiger partial charge in [0, 0.05) is 11.3 Å². The molecule has 8 heteroatoms. The summed E-state index contributed by atoms with van der Waals surface area (Å²) < 4.78 is 41.2. The van der Waals surface area contributed by atoms with Gasteiger partial charge in [-0.05, 0) is 46.6 Å². The maximum Gasteiger partial charge on any atom is 0.573 e. The second-order valence-corrected chi connectivity index (χ2v) is 5.23. The lowest BCUT2D eigenvalue weighted by molar-refractivity contribution is -0.274. The van der Waals surface area contributed by atoms with E-state index in [2.05, 4.69) is 25.7 Å². The maximum atomic E-state index is 12.4. The number of benzene rings is 1. The number of hydrogen-bond acceptors (Lipinski definition) is 3. The van der Waals surface area contributed by atoms with Crippen LogP contribution >= 0.6 is 15.9 Å². The lowest BCUT2D eigenvalue weighted by Crippen LogP contribution is -2.17. The summed E-state index contributed by atoms with van der Waals surface area (Å²) in [6.07, 6.45) is -4.84. The predicted molar refractivity (Wildman–Crippen MR) is 76.3 cm³/mol. The molecule has 0 radical (unpaired) electrons. The summed E-state index contributed by atoms with van der Waals surface area (Å²) >= 11 is 2.96. The van der Waals surface area contributed by atoms with Gasteiger partial charge in [-0.2, -0.15) is 5.26 Å². The van der Waals surface area contributed by atoms with Crippen LogP contribution in [0.25, 0.3) is 11.1 Å². The molecule has 0 bridgehead atoms. The van der Waals surface area contributed by atoms with E-state index < -0.39 is 17.7 Å². The SMILES string of the molecule is Cc1cc(-c2ccc(Br)c(OC(F)(F)F)c2)c(C#N)c(=O)[nH]1. The first-order valence-corrected chi connectivity index (χ1v) is 6.70. The van der Waals surface area contributed by atoms with Gasteiger partial charge >= 0.3 is 6.36 Å². The predicted octanol–water partition coefficient (Wildman–Crippen LogP) is 3.88. The van der Waals surface area contributed by atoms with E-state index in [1.807, 2.05) is 0 Å². The molecule has 0 amide bonds. The number of hydrogen-bond donors (Lipinski definition) is 1. The monoisotopic (exact) mass is 372 g/mol. The molecule has 2 aromatic rings. The second-order valence-electron chi connectivity index (χ2n) is 4.37. The van der Waals surface area contributed by atoms with Gasteiger partial charge in [0.2, 0.25) is 0 Å². The molecule has 0 aliphatic heterocycles. The summed E-state index contributed by atoms with van der Waals surface area (Å²) in [7, 11) is 0. The Morgan fingerprint density at radius 1 is 1.32 bits per heavy atom. The van der Waals surface area contributed by atoms with Crippen LogP contribution in [0, 0.1) is 18.3 Å². The van der Waals surface area contributed by atoms with E-state index in [1.165, 1.54) is 18.2 Å². The zero-order valence-corrected chi connectivity index (χ0v) is 12.7. The molecule has 0 saturated carbocycles. The second kappa shape index (κ2) is 5.85. The Morgan fingerprint density at radius 3 is 2.59 bits per heavy atom. The minimum absolute atomic E-state index is 0.105. The quantitative estimate of drug-likeness (QED) is 0.869. The number of halogens is 4. The van der Waals surface area contributed by atoms with Crippen LogP contribution in [0.1, 0.15) is 11.3 Å². The zero-order valence-electron chi connectivity index (χ0n) is 11.1. The Balaban J connectivity index is 2.63. The summed E-state index contributed by atoms with van der Waals surface area (Å²) in [5.41, 5.74) is 0.223. The van der Waals surface area contributed by atoms with Gasteiger partial charge in [0.25, 0.3) is 5.56 Å². The van der Waals surface area contributed by atoms with Crippen molar-refractivity contribution in [1.82, 2.24) is 4.98 Å². The molecule has 1 heterocycles. The minimum atomic E-state index is -4.84. The minimum Gasteiger partial charge on any atom is -0.405 e. The number of nitriles is 1. The average molecular weight is 373 g/mol. The molecule has 0 unspecified atom stereocenters. The van der Waals surface area contributed by atoms with Crippen molar-refractivity contribution in [1.29, 1.82) is 5.26 Å². The summed E-state index contributed by atoms with van der Waals surface area (Å²) in [6.45, 7) is 1.61. The van der Waals surface area contributed by atoms with Gasteiger partial charge in [-0.15, -0.1) is 13.2 Å². The first-order valence-electron chi connectivity index (χ1n) is 5.91. The summed E-state index contributed by atoms with van der Waals surface area (Å²) in [5.74, 6) is -0.452. The van der Waals surface area contributed by atoms with Gasteiger partial charge < -0.3 is 9.72 Å². The number of rotatable bonds is 2. The first-order chi connectivity index (χ1) is 10.2. The Labute approximate surface area is 131 Å². The van der Waals surface area contributed by atoms with E-state index in [9.17, 15) is 18.0 Å². The van der Waals surface area contributed by atoms with Gasteiger partial charge in [-0.25, -0.2) is 0 Å². The van der Waals surface area contributed by atoms with E-state index in [-0.39, 0.29) is 21.2 Å². The number of aromatic nitrogens is 1. The van der Waals surface area contributed by atoms with E-state index in [1.54, 1.807) is 13.0 Å². The van der Waals surface area contributed by atoms with Crippen molar-refractivity contribution in [3.63, 3.8) is 0 Å². The van der Waals surface area contributed by atoms with E-state index in [0.29, 0.717) is 5.69 Å². The molecular formula is C14H8BrF3N2O2. The van der Waals surface area contributed by atoms with Crippen LogP contribution in [-0.4, -0.2) is 11.3 Å². The van der Waals surface area contributed by atoms with Crippen molar-refractivity contribution >= 4 is 15.9 Å². The summed E-state index contributed by atoms with van der Waals surface area (Å²) in [6, 6.07) is 7.23. The lowest BCUT2D eigenvalue weighted by atomic mass is 10.0. The third kappa shape index (κ3) is 3.49. The normalized spacial score (nSPS) is 11.1. The van der Waals surface area contributed by atoms with Crippen LogP contribution in [0.3, 0.4) is 0 Å². The molecule has 4 nitrogen and oxygen atoms in total. The van der Waals surface area contributed by atoms with Crippen LogP contribution in [-0.2, 0) is 0 Å². The van der Waals surface area contributed by atoms with Crippen molar-refractivity contribution in [2.24, 2.45) is 0 Å². The number of aromatic amines is 1. The van der Waals surface area contributed by atoms with E-state index >= 15 is 0 Å². The highest BCUT2D eigenvalue weighted by atomic mass is 79.9. The third-order valence-electron chi connectivity index (χ3n) is 2.75. The average Bonchev–Trinajstić information content (AvgIpc) is 2.39. The Hall–Kier alpha value is -2.27. The highest BCUT2D eigenvalue weighted by Crippen LogP contribution is 2.34. The fourth-order valence-corrected chi connectivity index (χ4v) is 2.23. The fourth-order valence-electron chi connectivity index (χ4n) is 1.90. The smallest absolute Gasteiger partial charge is 0.405 e. The Bertz CT molecular complexity index is 822. The molecular weight excluding hydrogens is 365 g/mol. The van der Waals surface area contributed by atoms with Crippen LogP contribution in [0.2, 0.25) is 0 Å². The van der Waals surface area contributed by atoms with Crippen molar-refractivity contribution in [3.05, 3.63) is 50.3 Å². The molecule has 0 aliphatic carbocycles. The van der Waals surface area contributed by atoms with Crippen molar-refractivity contribution in [2.75, 3.05) is 0 Å². The van der Waals surface area contributed by atoms with Crippen LogP contribution < -0.4 is 10.3 Å². The number of H-pyrrole nitrogens is 1. The van der Waals surface area contributed by atoms with Gasteiger partial charge in [0.05, 0.1) is 4.47 Å². The van der Waals surface area contributed by atoms with Crippen molar-refractivity contribution < 1.29 is 17.9 Å². The lowest BCUT2D eigenvalue weighted by Gasteiger charge is -2.12. The molecule has 0 saturated heterocycles. The summed E-state index contributed by atoms with van der Waals surface area (Å²) in [4.78, 5) is 14.2. The van der Waals surface area contributed by atoms with Gasteiger partial charge in [-0.1, -0.05) is 6.07 Å². The number of pyridine rings is 1. The Kier molecular flexibility index (Phi) is 4.28. The molecule has 1 aromatic heterocycles. The first kappa shape index (κ1) is 16.1. The molecule has 114 valence electrons. The highest BCUT2D eigenvalue weighted by molar-refractivity contribution is 9.10. The van der Waals surface area contributed by atoms with Gasteiger partial charge in [0.15, 0.2) is 0 Å². The van der Waals surface area contributed by atoms with E-state index in [4.69, 9.17) is 5.26 Å².